The van der Waals surface area contributed by atoms with E-state index in [9.17, 15) is 13.2 Å². The SMILES string of the molecule is CC[C@@H](NC(=O)c1ccc(S(=O)(=O)N2CCCCC2)cc1)c1ccc(OC)cc1. The zero-order valence-corrected chi connectivity index (χ0v) is 17.7. The quantitative estimate of drug-likeness (QED) is 0.746. The number of rotatable bonds is 7. The summed E-state index contributed by atoms with van der Waals surface area (Å²) in [6.45, 7) is 3.12. The molecular formula is C22H28N2O4S. The standard InChI is InChI=1S/C22H28N2O4S/c1-3-21(17-7-11-19(28-2)12-8-17)23-22(25)18-9-13-20(14-10-18)29(26,27)24-15-5-4-6-16-24/h7-14,21H,3-6,15-16H2,1-2H3,(H,23,25)/t21-/m1/s1. The van der Waals surface area contributed by atoms with E-state index < -0.39 is 10.0 Å². The number of methoxy groups -OCH3 is 1. The third-order valence-corrected chi connectivity index (χ3v) is 7.21. The largest absolute Gasteiger partial charge is 0.497 e. The van der Waals surface area contributed by atoms with Gasteiger partial charge in [0.1, 0.15) is 5.75 Å². The van der Waals surface area contributed by atoms with Crippen molar-refractivity contribution in [3.8, 4) is 5.75 Å². The summed E-state index contributed by atoms with van der Waals surface area (Å²) in [6.07, 6.45) is 3.59. The second-order valence-electron chi connectivity index (χ2n) is 7.20. The lowest BCUT2D eigenvalue weighted by Gasteiger charge is -2.25. The molecular weight excluding hydrogens is 388 g/mol. The molecule has 2 aromatic rings. The van der Waals surface area contributed by atoms with Crippen LogP contribution < -0.4 is 10.1 Å². The second kappa shape index (κ2) is 9.41. The number of carbonyl (C=O) groups excluding carboxylic acids is 1. The van der Waals surface area contributed by atoms with Crippen LogP contribution in [0.2, 0.25) is 0 Å². The Morgan fingerprint density at radius 2 is 1.66 bits per heavy atom. The highest BCUT2D eigenvalue weighted by Crippen LogP contribution is 2.23. The van der Waals surface area contributed by atoms with Gasteiger partial charge in [-0.2, -0.15) is 4.31 Å². The van der Waals surface area contributed by atoms with Gasteiger partial charge in [0, 0.05) is 18.7 Å². The smallest absolute Gasteiger partial charge is 0.251 e. The molecule has 29 heavy (non-hydrogen) atoms. The lowest BCUT2D eigenvalue weighted by Crippen LogP contribution is -2.35. The van der Waals surface area contributed by atoms with Crippen LogP contribution in [0.25, 0.3) is 0 Å². The van der Waals surface area contributed by atoms with E-state index in [2.05, 4.69) is 5.32 Å². The summed E-state index contributed by atoms with van der Waals surface area (Å²) in [4.78, 5) is 12.9. The van der Waals surface area contributed by atoms with Crippen molar-refractivity contribution in [1.82, 2.24) is 9.62 Å². The summed E-state index contributed by atoms with van der Waals surface area (Å²) in [5.74, 6) is 0.537. The number of amides is 1. The van der Waals surface area contributed by atoms with Crippen molar-refractivity contribution >= 4 is 15.9 Å². The molecule has 0 unspecified atom stereocenters. The summed E-state index contributed by atoms with van der Waals surface area (Å²) >= 11 is 0. The van der Waals surface area contributed by atoms with E-state index in [0.717, 1.165) is 37.0 Å². The summed E-state index contributed by atoms with van der Waals surface area (Å²) in [5.41, 5.74) is 1.43. The first-order chi connectivity index (χ1) is 14.0. The first-order valence-corrected chi connectivity index (χ1v) is 11.4. The highest BCUT2D eigenvalue weighted by atomic mass is 32.2. The number of hydrogen-bond donors (Lipinski definition) is 1. The van der Waals surface area contributed by atoms with Gasteiger partial charge in [-0.25, -0.2) is 8.42 Å². The van der Waals surface area contributed by atoms with Crippen molar-refractivity contribution in [3.05, 3.63) is 59.7 Å². The number of piperidine rings is 1. The molecule has 0 radical (unpaired) electrons. The van der Waals surface area contributed by atoms with Gasteiger partial charge in [-0.3, -0.25) is 4.79 Å². The highest BCUT2D eigenvalue weighted by molar-refractivity contribution is 7.89. The number of benzene rings is 2. The van der Waals surface area contributed by atoms with E-state index in [1.165, 1.54) is 16.4 Å². The summed E-state index contributed by atoms with van der Waals surface area (Å²) < 4.78 is 32.2. The molecule has 1 aliphatic rings. The molecule has 156 valence electrons. The van der Waals surface area contributed by atoms with Crippen LogP contribution in [0, 0.1) is 0 Å². The van der Waals surface area contributed by atoms with Gasteiger partial charge in [0.2, 0.25) is 10.0 Å². The highest BCUT2D eigenvalue weighted by Gasteiger charge is 2.26. The molecule has 0 aromatic heterocycles. The zero-order valence-electron chi connectivity index (χ0n) is 16.9. The minimum Gasteiger partial charge on any atom is -0.497 e. The lowest BCUT2D eigenvalue weighted by molar-refractivity contribution is 0.0935. The molecule has 0 spiro atoms. The average Bonchev–Trinajstić information content (AvgIpc) is 2.78. The zero-order chi connectivity index (χ0) is 20.9. The van der Waals surface area contributed by atoms with Crippen LogP contribution in [-0.2, 0) is 10.0 Å². The summed E-state index contributed by atoms with van der Waals surface area (Å²) in [6, 6.07) is 13.7. The monoisotopic (exact) mass is 416 g/mol. The van der Waals surface area contributed by atoms with Gasteiger partial charge in [-0.05, 0) is 61.2 Å². The Kier molecular flexibility index (Phi) is 6.92. The second-order valence-corrected chi connectivity index (χ2v) is 9.13. The molecule has 2 aromatic carbocycles. The van der Waals surface area contributed by atoms with E-state index >= 15 is 0 Å². The minimum atomic E-state index is -3.49. The number of ether oxygens (including phenoxy) is 1. The van der Waals surface area contributed by atoms with Crippen LogP contribution in [0.5, 0.6) is 5.75 Å². The van der Waals surface area contributed by atoms with Crippen molar-refractivity contribution in [2.75, 3.05) is 20.2 Å². The fourth-order valence-corrected chi connectivity index (χ4v) is 5.05. The van der Waals surface area contributed by atoms with Gasteiger partial charge >= 0.3 is 0 Å². The molecule has 1 heterocycles. The molecule has 0 aliphatic carbocycles. The van der Waals surface area contributed by atoms with Gasteiger partial charge in [-0.1, -0.05) is 25.5 Å². The van der Waals surface area contributed by atoms with Crippen LogP contribution in [0.4, 0.5) is 0 Å². The number of sulfonamides is 1. The fourth-order valence-electron chi connectivity index (χ4n) is 3.53. The van der Waals surface area contributed by atoms with Crippen molar-refractivity contribution in [2.24, 2.45) is 0 Å². The Bertz CT molecular complexity index is 918. The Labute approximate surface area is 172 Å². The normalized spacial score (nSPS) is 16.2. The fraction of sp³-hybridized carbons (Fsp3) is 0.409. The molecule has 1 atom stereocenters. The van der Waals surface area contributed by atoms with Gasteiger partial charge < -0.3 is 10.1 Å². The van der Waals surface area contributed by atoms with E-state index in [1.54, 1.807) is 19.2 Å². The van der Waals surface area contributed by atoms with Crippen LogP contribution >= 0.6 is 0 Å². The third-order valence-electron chi connectivity index (χ3n) is 5.30. The molecule has 7 heteroatoms. The molecule has 0 saturated carbocycles. The van der Waals surface area contributed by atoms with Gasteiger partial charge in [0.15, 0.2) is 0 Å². The predicted molar refractivity (Wildman–Crippen MR) is 113 cm³/mol. The number of carbonyl (C=O) groups is 1. The van der Waals surface area contributed by atoms with E-state index in [0.29, 0.717) is 18.7 Å². The van der Waals surface area contributed by atoms with E-state index in [-0.39, 0.29) is 16.8 Å². The maximum atomic E-state index is 12.7. The van der Waals surface area contributed by atoms with Gasteiger partial charge in [0.05, 0.1) is 18.0 Å². The molecule has 1 saturated heterocycles. The Morgan fingerprint density at radius 3 is 2.21 bits per heavy atom. The molecule has 1 N–H and O–H groups in total. The first-order valence-electron chi connectivity index (χ1n) is 10.0. The van der Waals surface area contributed by atoms with E-state index in [4.69, 9.17) is 4.74 Å². The Hall–Kier alpha value is -2.38. The van der Waals surface area contributed by atoms with Gasteiger partial charge in [0.25, 0.3) is 5.91 Å². The van der Waals surface area contributed by atoms with Crippen molar-refractivity contribution in [3.63, 3.8) is 0 Å². The molecule has 1 aliphatic heterocycles. The van der Waals surface area contributed by atoms with Crippen LogP contribution in [0.15, 0.2) is 53.4 Å². The molecule has 0 bridgehead atoms. The Balaban J connectivity index is 1.70. The van der Waals surface area contributed by atoms with E-state index in [1.807, 2.05) is 31.2 Å². The lowest BCUT2D eigenvalue weighted by atomic mass is 10.0. The summed E-state index contributed by atoms with van der Waals surface area (Å²) in [7, 11) is -1.88. The minimum absolute atomic E-state index is 0.134. The number of hydrogen-bond acceptors (Lipinski definition) is 4. The van der Waals surface area contributed by atoms with Gasteiger partial charge in [-0.15, -0.1) is 0 Å². The maximum absolute atomic E-state index is 12.7. The average molecular weight is 417 g/mol. The predicted octanol–water partition coefficient (Wildman–Crippen LogP) is 3.75. The van der Waals surface area contributed by atoms with Crippen molar-refractivity contribution < 1.29 is 17.9 Å². The Morgan fingerprint density at radius 1 is 1.03 bits per heavy atom. The molecule has 6 nitrogen and oxygen atoms in total. The number of nitrogens with one attached hydrogen (secondary N) is 1. The van der Waals surface area contributed by atoms with Crippen LogP contribution in [0.1, 0.15) is 54.6 Å². The summed E-state index contributed by atoms with van der Waals surface area (Å²) in [5, 5.41) is 3.02. The molecule has 1 amide bonds. The topological polar surface area (TPSA) is 75.7 Å². The maximum Gasteiger partial charge on any atom is 0.251 e. The van der Waals surface area contributed by atoms with Crippen molar-refractivity contribution in [2.45, 2.75) is 43.5 Å². The third kappa shape index (κ3) is 4.97. The van der Waals surface area contributed by atoms with Crippen molar-refractivity contribution in [1.29, 1.82) is 0 Å². The van der Waals surface area contributed by atoms with Crippen LogP contribution in [0.3, 0.4) is 0 Å². The molecule has 3 rings (SSSR count). The molecule has 1 fully saturated rings. The first kappa shape index (κ1) is 21.3. The van der Waals surface area contributed by atoms with Crippen LogP contribution in [-0.4, -0.2) is 38.8 Å². The number of nitrogens with zero attached hydrogens (tertiary/aromatic N) is 1.